The molecule has 1 rings (SSSR count). The lowest BCUT2D eigenvalue weighted by Crippen LogP contribution is -2.44. The van der Waals surface area contributed by atoms with Gasteiger partial charge in [0.05, 0.1) is 0 Å². The van der Waals surface area contributed by atoms with E-state index in [2.05, 4.69) is 61.1 Å². The molecule has 1 unspecified atom stereocenters. The molecular formula is C15H25BrN2. The van der Waals surface area contributed by atoms with Crippen molar-refractivity contribution >= 4 is 21.6 Å². The van der Waals surface area contributed by atoms with E-state index < -0.39 is 0 Å². The molecule has 0 aliphatic heterocycles. The first-order valence-electron chi connectivity index (χ1n) is 6.73. The second-order valence-corrected chi connectivity index (χ2v) is 5.93. The van der Waals surface area contributed by atoms with Gasteiger partial charge in [0.15, 0.2) is 0 Å². The topological polar surface area (TPSA) is 38.0 Å². The summed E-state index contributed by atoms with van der Waals surface area (Å²) in [7, 11) is 0. The van der Waals surface area contributed by atoms with Crippen molar-refractivity contribution in [3.8, 4) is 0 Å². The summed E-state index contributed by atoms with van der Waals surface area (Å²) in [6, 6.07) is 4.37. The number of nitrogens with two attached hydrogens (primary N) is 1. The number of anilines is 1. The second kappa shape index (κ2) is 6.58. The maximum absolute atomic E-state index is 5.99. The van der Waals surface area contributed by atoms with Crippen LogP contribution in [0.2, 0.25) is 0 Å². The molecule has 2 nitrogen and oxygen atoms in total. The van der Waals surface area contributed by atoms with Crippen LogP contribution in [0.5, 0.6) is 0 Å². The Morgan fingerprint density at radius 1 is 1.22 bits per heavy atom. The second-order valence-electron chi connectivity index (χ2n) is 5.14. The predicted octanol–water partition coefficient (Wildman–Crippen LogP) is 4.39. The van der Waals surface area contributed by atoms with E-state index in [0.29, 0.717) is 6.54 Å². The summed E-state index contributed by atoms with van der Waals surface area (Å²) in [6.07, 6.45) is 3.30. The number of aryl methyl sites for hydroxylation is 2. The molecular weight excluding hydrogens is 288 g/mol. The summed E-state index contributed by atoms with van der Waals surface area (Å²) in [5, 5.41) is 3.66. The van der Waals surface area contributed by atoms with E-state index in [9.17, 15) is 0 Å². The first kappa shape index (κ1) is 15.5. The highest BCUT2D eigenvalue weighted by atomic mass is 79.9. The highest BCUT2D eigenvalue weighted by molar-refractivity contribution is 9.10. The Balaban J connectivity index is 3.01. The third kappa shape index (κ3) is 3.48. The zero-order valence-corrected chi connectivity index (χ0v) is 13.5. The quantitative estimate of drug-likeness (QED) is 0.817. The molecule has 0 aliphatic rings. The van der Waals surface area contributed by atoms with Gasteiger partial charge in [-0.05, 0) is 49.9 Å². The maximum Gasteiger partial charge on any atom is 0.0493 e. The first-order chi connectivity index (χ1) is 8.48. The van der Waals surface area contributed by atoms with Crippen molar-refractivity contribution in [3.05, 3.63) is 27.7 Å². The van der Waals surface area contributed by atoms with Gasteiger partial charge in [-0.15, -0.1) is 0 Å². The van der Waals surface area contributed by atoms with E-state index in [1.54, 1.807) is 0 Å². The van der Waals surface area contributed by atoms with Crippen molar-refractivity contribution in [1.29, 1.82) is 0 Å². The van der Waals surface area contributed by atoms with Gasteiger partial charge in [0.25, 0.3) is 0 Å². The zero-order valence-electron chi connectivity index (χ0n) is 11.9. The summed E-state index contributed by atoms with van der Waals surface area (Å²) in [5.74, 6) is 0. The molecule has 1 atom stereocenters. The zero-order chi connectivity index (χ0) is 13.8. The van der Waals surface area contributed by atoms with Crippen LogP contribution in [0.25, 0.3) is 0 Å². The third-order valence-electron chi connectivity index (χ3n) is 3.64. The van der Waals surface area contributed by atoms with Gasteiger partial charge < -0.3 is 11.1 Å². The van der Waals surface area contributed by atoms with Crippen molar-refractivity contribution < 1.29 is 0 Å². The van der Waals surface area contributed by atoms with Crippen LogP contribution >= 0.6 is 15.9 Å². The van der Waals surface area contributed by atoms with Crippen LogP contribution in [-0.2, 0) is 0 Å². The van der Waals surface area contributed by atoms with Crippen molar-refractivity contribution in [2.24, 2.45) is 5.73 Å². The number of halogens is 1. The Labute approximate surface area is 119 Å². The molecule has 0 saturated carbocycles. The molecule has 0 radical (unpaired) electrons. The van der Waals surface area contributed by atoms with E-state index in [1.165, 1.54) is 21.3 Å². The molecule has 0 fully saturated rings. The Hall–Kier alpha value is -0.540. The Morgan fingerprint density at radius 3 is 2.17 bits per heavy atom. The number of nitrogens with one attached hydrogen (secondary N) is 1. The predicted molar refractivity (Wildman–Crippen MR) is 84.2 cm³/mol. The molecule has 0 saturated heterocycles. The largest absolute Gasteiger partial charge is 0.378 e. The normalized spacial score (nSPS) is 14.3. The molecule has 0 spiro atoms. The maximum atomic E-state index is 5.99. The van der Waals surface area contributed by atoms with E-state index in [1.807, 2.05) is 0 Å². The van der Waals surface area contributed by atoms with Crippen LogP contribution in [0, 0.1) is 13.8 Å². The molecule has 0 bridgehead atoms. The number of rotatable bonds is 6. The molecule has 0 amide bonds. The van der Waals surface area contributed by atoms with Gasteiger partial charge in [0.2, 0.25) is 0 Å². The van der Waals surface area contributed by atoms with Gasteiger partial charge >= 0.3 is 0 Å². The van der Waals surface area contributed by atoms with Gasteiger partial charge in [0, 0.05) is 22.2 Å². The Kier molecular flexibility index (Phi) is 5.67. The summed E-state index contributed by atoms with van der Waals surface area (Å²) in [6.45, 7) is 9.33. The number of hydrogen-bond donors (Lipinski definition) is 2. The Bertz CT molecular complexity index is 374. The van der Waals surface area contributed by atoms with E-state index in [-0.39, 0.29) is 5.54 Å². The minimum atomic E-state index is 0.0292. The Morgan fingerprint density at radius 2 is 1.78 bits per heavy atom. The fourth-order valence-corrected chi connectivity index (χ4v) is 2.66. The molecule has 0 heterocycles. The van der Waals surface area contributed by atoms with Gasteiger partial charge in [-0.2, -0.15) is 0 Å². The molecule has 1 aromatic rings. The fraction of sp³-hybridized carbons (Fsp3) is 0.600. The average Bonchev–Trinajstić information content (AvgIpc) is 2.35. The standard InChI is InChI=1S/C15H25BrN2/c1-5-7-15(6-2,10-17)18-13-8-11(3)14(16)12(4)9-13/h8-9,18H,5-7,10,17H2,1-4H3. The van der Waals surface area contributed by atoms with E-state index >= 15 is 0 Å². The summed E-state index contributed by atoms with van der Waals surface area (Å²) in [4.78, 5) is 0. The van der Waals surface area contributed by atoms with E-state index in [0.717, 1.165) is 19.3 Å². The molecule has 0 aliphatic carbocycles. The van der Waals surface area contributed by atoms with E-state index in [4.69, 9.17) is 5.73 Å². The first-order valence-corrected chi connectivity index (χ1v) is 7.52. The molecule has 102 valence electrons. The molecule has 3 N–H and O–H groups in total. The minimum Gasteiger partial charge on any atom is -0.378 e. The van der Waals surface area contributed by atoms with Crippen LogP contribution in [0.4, 0.5) is 5.69 Å². The minimum absolute atomic E-state index is 0.0292. The monoisotopic (exact) mass is 312 g/mol. The van der Waals surface area contributed by atoms with Gasteiger partial charge in [-0.3, -0.25) is 0 Å². The van der Waals surface area contributed by atoms with Crippen molar-refractivity contribution in [1.82, 2.24) is 0 Å². The summed E-state index contributed by atoms with van der Waals surface area (Å²) in [5.41, 5.74) is 9.71. The molecule has 3 heteroatoms. The van der Waals surface area contributed by atoms with Crippen LogP contribution in [0.1, 0.15) is 44.2 Å². The van der Waals surface area contributed by atoms with Crippen LogP contribution < -0.4 is 11.1 Å². The van der Waals surface area contributed by atoms with Crippen LogP contribution in [-0.4, -0.2) is 12.1 Å². The number of benzene rings is 1. The summed E-state index contributed by atoms with van der Waals surface area (Å²) >= 11 is 3.61. The lowest BCUT2D eigenvalue weighted by Gasteiger charge is -2.34. The molecule has 18 heavy (non-hydrogen) atoms. The van der Waals surface area contributed by atoms with Crippen LogP contribution in [0.15, 0.2) is 16.6 Å². The van der Waals surface area contributed by atoms with Crippen molar-refractivity contribution in [2.75, 3.05) is 11.9 Å². The van der Waals surface area contributed by atoms with Gasteiger partial charge in [0.1, 0.15) is 0 Å². The lowest BCUT2D eigenvalue weighted by molar-refractivity contribution is 0.422. The SMILES string of the molecule is CCCC(CC)(CN)Nc1cc(C)c(Br)c(C)c1. The molecule has 0 aromatic heterocycles. The highest BCUT2D eigenvalue weighted by Crippen LogP contribution is 2.28. The van der Waals surface area contributed by atoms with Crippen molar-refractivity contribution in [2.45, 2.75) is 52.5 Å². The third-order valence-corrected chi connectivity index (χ3v) is 4.89. The van der Waals surface area contributed by atoms with Gasteiger partial charge in [-0.25, -0.2) is 0 Å². The van der Waals surface area contributed by atoms with Crippen molar-refractivity contribution in [3.63, 3.8) is 0 Å². The van der Waals surface area contributed by atoms with Crippen LogP contribution in [0.3, 0.4) is 0 Å². The highest BCUT2D eigenvalue weighted by Gasteiger charge is 2.25. The lowest BCUT2D eigenvalue weighted by atomic mass is 9.90. The fourth-order valence-electron chi connectivity index (χ4n) is 2.43. The van der Waals surface area contributed by atoms with Gasteiger partial charge in [-0.1, -0.05) is 36.2 Å². The number of hydrogen-bond acceptors (Lipinski definition) is 2. The average molecular weight is 313 g/mol. The summed E-state index contributed by atoms with van der Waals surface area (Å²) < 4.78 is 1.19. The smallest absolute Gasteiger partial charge is 0.0493 e. The molecule has 1 aromatic carbocycles.